The Kier molecular flexibility index (Phi) is 5.15. The summed E-state index contributed by atoms with van der Waals surface area (Å²) in [5.74, 6) is -5.94. The van der Waals surface area contributed by atoms with Gasteiger partial charge in [0.05, 0.1) is 17.2 Å². The molecule has 124 valence electrons. The summed E-state index contributed by atoms with van der Waals surface area (Å²) in [4.78, 5) is 23.9. The van der Waals surface area contributed by atoms with E-state index in [2.05, 4.69) is 0 Å². The van der Waals surface area contributed by atoms with Crippen molar-refractivity contribution in [3.05, 3.63) is 35.1 Å². The SMILES string of the molecule is CC(C)(C)OC(=O)C(C#N)C(=O)c1cc(C(F)(F)F)ccc1F. The molecule has 0 aromatic heterocycles. The van der Waals surface area contributed by atoms with E-state index in [1.807, 2.05) is 0 Å². The monoisotopic (exact) mass is 331 g/mol. The van der Waals surface area contributed by atoms with Crippen LogP contribution in [0.15, 0.2) is 18.2 Å². The number of carbonyl (C=O) groups is 2. The predicted molar refractivity (Wildman–Crippen MR) is 70.7 cm³/mol. The zero-order valence-electron chi connectivity index (χ0n) is 12.5. The fourth-order valence-electron chi connectivity index (χ4n) is 1.63. The van der Waals surface area contributed by atoms with Gasteiger partial charge in [0.15, 0.2) is 5.78 Å². The van der Waals surface area contributed by atoms with E-state index in [0.717, 1.165) is 0 Å². The molecule has 23 heavy (non-hydrogen) atoms. The Morgan fingerprint density at radius 1 is 1.22 bits per heavy atom. The average molecular weight is 331 g/mol. The number of hydrogen-bond acceptors (Lipinski definition) is 4. The first-order chi connectivity index (χ1) is 10.4. The summed E-state index contributed by atoms with van der Waals surface area (Å²) in [5, 5.41) is 8.93. The highest BCUT2D eigenvalue weighted by molar-refractivity contribution is 6.11. The van der Waals surface area contributed by atoms with Gasteiger partial charge in [0, 0.05) is 0 Å². The van der Waals surface area contributed by atoms with E-state index in [9.17, 15) is 27.2 Å². The first-order valence-corrected chi connectivity index (χ1v) is 6.40. The lowest BCUT2D eigenvalue weighted by atomic mass is 9.96. The van der Waals surface area contributed by atoms with Crippen LogP contribution in [-0.4, -0.2) is 17.4 Å². The molecule has 0 bridgehead atoms. The molecule has 0 fully saturated rings. The van der Waals surface area contributed by atoms with Crippen LogP contribution in [0, 0.1) is 23.1 Å². The molecule has 0 N–H and O–H groups in total. The summed E-state index contributed by atoms with van der Waals surface area (Å²) < 4.78 is 56.4. The lowest BCUT2D eigenvalue weighted by molar-refractivity contribution is -0.156. The van der Waals surface area contributed by atoms with Crippen LogP contribution >= 0.6 is 0 Å². The molecule has 1 aromatic carbocycles. The zero-order chi connectivity index (χ0) is 18.0. The minimum Gasteiger partial charge on any atom is -0.459 e. The van der Waals surface area contributed by atoms with Gasteiger partial charge in [-0.15, -0.1) is 0 Å². The highest BCUT2D eigenvalue weighted by atomic mass is 19.4. The van der Waals surface area contributed by atoms with Crippen LogP contribution in [0.5, 0.6) is 0 Å². The molecule has 0 heterocycles. The van der Waals surface area contributed by atoms with Gasteiger partial charge in [0.1, 0.15) is 11.4 Å². The van der Waals surface area contributed by atoms with Crippen molar-refractivity contribution in [1.29, 1.82) is 5.26 Å². The third-order valence-corrected chi connectivity index (χ3v) is 2.59. The highest BCUT2D eigenvalue weighted by Gasteiger charge is 2.36. The number of ether oxygens (including phenoxy) is 1. The number of Topliss-reactive ketones (excluding diaryl/α,β-unsaturated/α-hetero) is 1. The smallest absolute Gasteiger partial charge is 0.416 e. The molecule has 0 saturated heterocycles. The number of carbonyl (C=O) groups excluding carboxylic acids is 2. The van der Waals surface area contributed by atoms with Crippen LogP contribution in [0.3, 0.4) is 0 Å². The van der Waals surface area contributed by atoms with Crippen molar-refractivity contribution in [2.24, 2.45) is 5.92 Å². The summed E-state index contributed by atoms with van der Waals surface area (Å²) >= 11 is 0. The number of halogens is 4. The Bertz CT molecular complexity index is 669. The summed E-state index contributed by atoms with van der Waals surface area (Å²) in [6.07, 6.45) is -4.79. The average Bonchev–Trinajstić information content (AvgIpc) is 2.36. The predicted octanol–water partition coefficient (Wildman–Crippen LogP) is 3.51. The number of esters is 1. The van der Waals surface area contributed by atoms with Crippen LogP contribution in [-0.2, 0) is 15.7 Å². The van der Waals surface area contributed by atoms with Crippen molar-refractivity contribution in [1.82, 2.24) is 0 Å². The summed E-state index contributed by atoms with van der Waals surface area (Å²) in [7, 11) is 0. The van der Waals surface area contributed by atoms with E-state index in [1.54, 1.807) is 0 Å². The van der Waals surface area contributed by atoms with E-state index in [0.29, 0.717) is 12.1 Å². The summed E-state index contributed by atoms with van der Waals surface area (Å²) in [6, 6.07) is 2.52. The summed E-state index contributed by atoms with van der Waals surface area (Å²) in [5.41, 5.74) is -3.26. The molecule has 0 amide bonds. The largest absolute Gasteiger partial charge is 0.459 e. The van der Waals surface area contributed by atoms with Crippen LogP contribution < -0.4 is 0 Å². The molecule has 1 atom stereocenters. The van der Waals surface area contributed by atoms with Crippen molar-refractivity contribution in [3.8, 4) is 6.07 Å². The van der Waals surface area contributed by atoms with Gasteiger partial charge >= 0.3 is 12.1 Å². The molecule has 0 aliphatic rings. The molecular weight excluding hydrogens is 318 g/mol. The second kappa shape index (κ2) is 6.36. The van der Waals surface area contributed by atoms with Crippen molar-refractivity contribution in [2.75, 3.05) is 0 Å². The molecule has 0 aliphatic heterocycles. The standard InChI is InChI=1S/C15H13F4NO3/c1-14(2,3)23-13(22)10(7-20)12(21)9-6-8(15(17,18)19)4-5-11(9)16/h4-6,10H,1-3H3. The molecule has 1 rings (SSSR count). The number of hydrogen-bond donors (Lipinski definition) is 0. The fourth-order valence-corrected chi connectivity index (χ4v) is 1.63. The fraction of sp³-hybridized carbons (Fsp3) is 0.400. The minimum absolute atomic E-state index is 0.270. The molecule has 0 aliphatic carbocycles. The van der Waals surface area contributed by atoms with E-state index in [4.69, 9.17) is 10.00 Å². The van der Waals surface area contributed by atoms with Gasteiger partial charge in [-0.1, -0.05) is 0 Å². The molecule has 4 nitrogen and oxygen atoms in total. The second-order valence-electron chi connectivity index (χ2n) is 5.65. The molecule has 8 heteroatoms. The lowest BCUT2D eigenvalue weighted by Crippen LogP contribution is -2.32. The lowest BCUT2D eigenvalue weighted by Gasteiger charge is -2.21. The molecule has 0 radical (unpaired) electrons. The van der Waals surface area contributed by atoms with E-state index >= 15 is 0 Å². The number of nitrogens with zero attached hydrogens (tertiary/aromatic N) is 1. The molecule has 1 aromatic rings. The first-order valence-electron chi connectivity index (χ1n) is 6.40. The summed E-state index contributed by atoms with van der Waals surface area (Å²) in [6.45, 7) is 4.44. The van der Waals surface area contributed by atoms with Crippen molar-refractivity contribution < 1.29 is 31.9 Å². The first kappa shape index (κ1) is 18.6. The minimum atomic E-state index is -4.79. The quantitative estimate of drug-likeness (QED) is 0.368. The number of benzene rings is 1. The zero-order valence-corrected chi connectivity index (χ0v) is 12.5. The van der Waals surface area contributed by atoms with Gasteiger partial charge in [0.25, 0.3) is 0 Å². The Balaban J connectivity index is 3.22. The second-order valence-corrected chi connectivity index (χ2v) is 5.65. The third kappa shape index (κ3) is 4.77. The molecule has 0 spiro atoms. The number of ketones is 1. The number of rotatable bonds is 3. The Morgan fingerprint density at radius 2 is 1.78 bits per heavy atom. The third-order valence-electron chi connectivity index (χ3n) is 2.59. The van der Waals surface area contributed by atoms with Crippen LogP contribution in [0.1, 0.15) is 36.7 Å². The van der Waals surface area contributed by atoms with Gasteiger partial charge in [-0.2, -0.15) is 18.4 Å². The van der Waals surface area contributed by atoms with Crippen molar-refractivity contribution in [3.63, 3.8) is 0 Å². The van der Waals surface area contributed by atoms with E-state index in [1.165, 1.54) is 26.8 Å². The van der Waals surface area contributed by atoms with Crippen LogP contribution in [0.2, 0.25) is 0 Å². The van der Waals surface area contributed by atoms with Gasteiger partial charge in [-0.25, -0.2) is 4.39 Å². The van der Waals surface area contributed by atoms with Gasteiger partial charge in [0.2, 0.25) is 5.92 Å². The Morgan fingerprint density at radius 3 is 2.22 bits per heavy atom. The normalized spacial score (nSPS) is 13.1. The Labute approximate surface area is 129 Å². The maximum absolute atomic E-state index is 13.7. The van der Waals surface area contributed by atoms with Crippen molar-refractivity contribution >= 4 is 11.8 Å². The van der Waals surface area contributed by atoms with Crippen LogP contribution in [0.4, 0.5) is 17.6 Å². The number of nitriles is 1. The maximum atomic E-state index is 13.7. The molecule has 1 unspecified atom stereocenters. The van der Waals surface area contributed by atoms with Gasteiger partial charge in [-0.05, 0) is 39.0 Å². The van der Waals surface area contributed by atoms with E-state index in [-0.39, 0.29) is 6.07 Å². The Hall–Kier alpha value is -2.43. The highest BCUT2D eigenvalue weighted by Crippen LogP contribution is 2.31. The van der Waals surface area contributed by atoms with Crippen LogP contribution in [0.25, 0.3) is 0 Å². The number of alkyl halides is 3. The van der Waals surface area contributed by atoms with Gasteiger partial charge in [-0.3, -0.25) is 9.59 Å². The van der Waals surface area contributed by atoms with Gasteiger partial charge < -0.3 is 4.74 Å². The van der Waals surface area contributed by atoms with E-state index < -0.39 is 46.4 Å². The molecule has 0 saturated carbocycles. The maximum Gasteiger partial charge on any atom is 0.416 e. The molecular formula is C15H13F4NO3. The van der Waals surface area contributed by atoms with Crippen molar-refractivity contribution in [2.45, 2.75) is 32.5 Å². The topological polar surface area (TPSA) is 67.2 Å².